The predicted octanol–water partition coefficient (Wildman–Crippen LogP) is 11.1. The van der Waals surface area contributed by atoms with Gasteiger partial charge in [0.25, 0.3) is 0 Å². The van der Waals surface area contributed by atoms with E-state index in [2.05, 4.69) is 143 Å². The van der Waals surface area contributed by atoms with Gasteiger partial charge >= 0.3 is 0 Å². The van der Waals surface area contributed by atoms with Crippen molar-refractivity contribution in [2.75, 3.05) is 4.90 Å². The van der Waals surface area contributed by atoms with Gasteiger partial charge in [-0.15, -0.1) is 11.3 Å². The molecule has 10 rings (SSSR count). The number of fused-ring (bicyclic) bond motifs is 9. The van der Waals surface area contributed by atoms with E-state index in [0.717, 1.165) is 11.4 Å². The lowest BCUT2D eigenvalue weighted by atomic mass is 9.90. The molecule has 4 heterocycles. The van der Waals surface area contributed by atoms with Crippen LogP contribution in [0.3, 0.4) is 0 Å². The second kappa shape index (κ2) is 8.54. The van der Waals surface area contributed by atoms with E-state index in [9.17, 15) is 0 Å². The molecule has 0 bridgehead atoms. The van der Waals surface area contributed by atoms with Crippen LogP contribution in [0.25, 0.3) is 69.6 Å². The zero-order valence-corrected chi connectivity index (χ0v) is 23.8. The fourth-order valence-corrected chi connectivity index (χ4v) is 8.37. The molecule has 0 amide bonds. The average molecular weight is 566 g/mol. The number of hydrogen-bond donors (Lipinski definition) is 0. The summed E-state index contributed by atoms with van der Waals surface area (Å²) in [6.07, 6.45) is 4.10. The van der Waals surface area contributed by atoms with Gasteiger partial charge in [0.2, 0.25) is 0 Å². The van der Waals surface area contributed by atoms with Gasteiger partial charge in [-0.25, -0.2) is 0 Å². The van der Waals surface area contributed by atoms with Crippen LogP contribution in [0.15, 0.2) is 140 Å². The highest BCUT2D eigenvalue weighted by molar-refractivity contribution is 7.26. The minimum Gasteiger partial charge on any atom is -0.309 e. The topological polar surface area (TPSA) is 21.1 Å². The summed E-state index contributed by atoms with van der Waals surface area (Å²) in [6.45, 7) is 0. The lowest BCUT2D eigenvalue weighted by Gasteiger charge is -2.33. The Morgan fingerprint density at radius 3 is 2.16 bits per heavy atom. The summed E-state index contributed by atoms with van der Waals surface area (Å²) >= 11 is 1.87. The summed E-state index contributed by atoms with van der Waals surface area (Å²) in [5.74, 6) is 0. The first kappa shape index (κ1) is 23.1. The molecule has 200 valence electrons. The monoisotopic (exact) mass is 565 g/mol. The van der Waals surface area contributed by atoms with Gasteiger partial charge in [0.1, 0.15) is 0 Å². The molecule has 1 aliphatic heterocycles. The molecule has 43 heavy (non-hydrogen) atoms. The highest BCUT2D eigenvalue weighted by Crippen LogP contribution is 2.54. The largest absolute Gasteiger partial charge is 0.309 e. The Balaban J connectivity index is 1.29. The van der Waals surface area contributed by atoms with Crippen molar-refractivity contribution in [3.8, 4) is 16.8 Å². The number of pyridine rings is 1. The third-order valence-corrected chi connectivity index (χ3v) is 10.1. The molecule has 0 saturated heterocycles. The van der Waals surface area contributed by atoms with Crippen LogP contribution >= 0.6 is 11.3 Å². The Labute approximate surface area is 251 Å². The first-order chi connectivity index (χ1) is 21.3. The zero-order chi connectivity index (χ0) is 28.1. The molecule has 0 atom stereocenters. The summed E-state index contributed by atoms with van der Waals surface area (Å²) in [5.41, 5.74) is 9.53. The highest BCUT2D eigenvalue weighted by atomic mass is 32.1. The van der Waals surface area contributed by atoms with Crippen molar-refractivity contribution in [1.29, 1.82) is 0 Å². The smallest absolute Gasteiger partial charge is 0.0730 e. The quantitative estimate of drug-likeness (QED) is 0.208. The van der Waals surface area contributed by atoms with Crippen molar-refractivity contribution in [2.45, 2.75) is 0 Å². The van der Waals surface area contributed by atoms with Crippen molar-refractivity contribution < 1.29 is 0 Å². The second-order valence-corrected chi connectivity index (χ2v) is 12.3. The van der Waals surface area contributed by atoms with Crippen LogP contribution < -0.4 is 4.90 Å². The van der Waals surface area contributed by atoms with Crippen LogP contribution in [-0.2, 0) is 0 Å². The molecule has 0 aliphatic carbocycles. The molecule has 0 fully saturated rings. The fraction of sp³-hybridized carbons (Fsp3) is 0. The number of para-hydroxylation sites is 3. The van der Waals surface area contributed by atoms with Gasteiger partial charge in [-0.1, -0.05) is 72.8 Å². The van der Waals surface area contributed by atoms with Crippen LogP contribution in [-0.4, -0.2) is 9.55 Å². The van der Waals surface area contributed by atoms with Crippen molar-refractivity contribution in [3.63, 3.8) is 0 Å². The maximum atomic E-state index is 4.86. The summed E-state index contributed by atoms with van der Waals surface area (Å²) in [7, 11) is 0. The van der Waals surface area contributed by atoms with Crippen LogP contribution in [0, 0.1) is 0 Å². The number of aromatic nitrogens is 2. The molecule has 9 aromatic rings. The van der Waals surface area contributed by atoms with Gasteiger partial charge in [-0.05, 0) is 60.2 Å². The Bertz CT molecular complexity index is 2570. The molecule has 6 aromatic carbocycles. The molecular weight excluding hydrogens is 543 g/mol. The average Bonchev–Trinajstić information content (AvgIpc) is 3.61. The molecule has 3 nitrogen and oxygen atoms in total. The zero-order valence-electron chi connectivity index (χ0n) is 23.0. The summed E-state index contributed by atoms with van der Waals surface area (Å²) in [6, 6.07) is 46.2. The minimum atomic E-state index is 1.12. The number of anilines is 3. The second-order valence-electron chi connectivity index (χ2n) is 11.2. The Morgan fingerprint density at radius 1 is 0.465 bits per heavy atom. The van der Waals surface area contributed by atoms with Crippen LogP contribution in [0.2, 0.25) is 0 Å². The Hall–Kier alpha value is -5.45. The van der Waals surface area contributed by atoms with Crippen molar-refractivity contribution in [1.82, 2.24) is 9.55 Å². The maximum Gasteiger partial charge on any atom is 0.0730 e. The van der Waals surface area contributed by atoms with E-state index in [1.165, 1.54) is 75.3 Å². The first-order valence-electron chi connectivity index (χ1n) is 14.6. The Morgan fingerprint density at radius 2 is 1.23 bits per heavy atom. The van der Waals surface area contributed by atoms with E-state index in [-0.39, 0.29) is 0 Å². The van der Waals surface area contributed by atoms with E-state index >= 15 is 0 Å². The van der Waals surface area contributed by atoms with Gasteiger partial charge in [0, 0.05) is 64.9 Å². The molecule has 4 heteroatoms. The van der Waals surface area contributed by atoms with Gasteiger partial charge in [0.05, 0.1) is 28.6 Å². The van der Waals surface area contributed by atoms with E-state index in [1.807, 2.05) is 17.5 Å². The minimum absolute atomic E-state index is 1.12. The summed E-state index contributed by atoms with van der Waals surface area (Å²) < 4.78 is 4.99. The van der Waals surface area contributed by atoms with E-state index < -0.39 is 0 Å². The number of nitrogens with zero attached hydrogens (tertiary/aromatic N) is 3. The summed E-state index contributed by atoms with van der Waals surface area (Å²) in [5, 5.41) is 7.56. The molecule has 0 unspecified atom stereocenters. The van der Waals surface area contributed by atoms with Crippen molar-refractivity contribution >= 4 is 81.1 Å². The number of benzene rings is 6. The molecule has 0 N–H and O–H groups in total. The number of hydrogen-bond acceptors (Lipinski definition) is 3. The number of rotatable bonds is 2. The van der Waals surface area contributed by atoms with Gasteiger partial charge in [0.15, 0.2) is 0 Å². The SMILES string of the molecule is c1ccc(-n2c3ccccc3c3cc(N4c5ccccc5-c5cc6sc7ccccc7c6c6cncc4c56)ccc32)cc1. The molecule has 0 radical (unpaired) electrons. The summed E-state index contributed by atoms with van der Waals surface area (Å²) in [4.78, 5) is 7.27. The van der Waals surface area contributed by atoms with E-state index in [4.69, 9.17) is 4.98 Å². The van der Waals surface area contributed by atoms with Gasteiger partial charge in [-0.2, -0.15) is 0 Å². The fourth-order valence-electron chi connectivity index (χ4n) is 7.21. The van der Waals surface area contributed by atoms with Gasteiger partial charge < -0.3 is 9.47 Å². The lowest BCUT2D eigenvalue weighted by molar-refractivity contribution is 1.18. The lowest BCUT2D eigenvalue weighted by Crippen LogP contribution is -2.15. The third kappa shape index (κ3) is 3.10. The third-order valence-electron chi connectivity index (χ3n) is 8.97. The highest BCUT2D eigenvalue weighted by Gasteiger charge is 2.28. The number of thiophene rings is 1. The van der Waals surface area contributed by atoms with Crippen molar-refractivity contribution in [2.24, 2.45) is 0 Å². The van der Waals surface area contributed by atoms with Crippen LogP contribution in [0.1, 0.15) is 0 Å². The van der Waals surface area contributed by atoms with Crippen LogP contribution in [0.5, 0.6) is 0 Å². The van der Waals surface area contributed by atoms with Crippen LogP contribution in [0.4, 0.5) is 17.1 Å². The normalized spacial score (nSPS) is 12.6. The molecule has 3 aromatic heterocycles. The first-order valence-corrected chi connectivity index (χ1v) is 15.4. The Kier molecular flexibility index (Phi) is 4.60. The van der Waals surface area contributed by atoms with Crippen molar-refractivity contribution in [3.05, 3.63) is 140 Å². The predicted molar refractivity (Wildman–Crippen MR) is 183 cm³/mol. The maximum absolute atomic E-state index is 4.86. The van der Waals surface area contributed by atoms with Gasteiger partial charge in [-0.3, -0.25) is 4.98 Å². The molecule has 0 saturated carbocycles. The van der Waals surface area contributed by atoms with E-state index in [1.54, 1.807) is 0 Å². The van der Waals surface area contributed by atoms with E-state index in [0.29, 0.717) is 0 Å². The molecule has 0 spiro atoms. The molecular formula is C39H23N3S. The molecule has 1 aliphatic rings. The standard InChI is InChI=1S/C39H23N3S/c1-2-10-24(11-3-1)41-32-15-7-4-12-26(32)29-20-25(18-19-34(29)41)42-33-16-8-5-13-27(33)30-21-37-39(28-14-6-9-17-36(28)43-37)31-22-40-23-35(42)38(30)31/h1-23H.